The minimum Gasteiger partial charge on any atom is -0.255 e. The SMILES string of the molecule is CCC=C[C@H]1CC[C@H](C#Cc2ccc(-c3ccc(F)c(F)c3)nc2)CC1. The summed E-state index contributed by atoms with van der Waals surface area (Å²) in [5, 5.41) is 0. The van der Waals surface area contributed by atoms with Gasteiger partial charge in [-0.15, -0.1) is 0 Å². The molecule has 1 saturated carbocycles. The molecule has 0 atom stereocenters. The number of nitrogens with zero attached hydrogens (tertiary/aromatic N) is 1. The zero-order valence-electron chi connectivity index (χ0n) is 15.0. The summed E-state index contributed by atoms with van der Waals surface area (Å²) in [6, 6.07) is 7.48. The molecule has 0 saturated heterocycles. The van der Waals surface area contributed by atoms with Crippen molar-refractivity contribution in [1.82, 2.24) is 4.98 Å². The monoisotopic (exact) mass is 351 g/mol. The van der Waals surface area contributed by atoms with E-state index in [1.807, 2.05) is 6.07 Å². The van der Waals surface area contributed by atoms with Crippen LogP contribution in [0.1, 0.15) is 44.6 Å². The summed E-state index contributed by atoms with van der Waals surface area (Å²) in [4.78, 5) is 4.33. The number of hydrogen-bond donors (Lipinski definition) is 0. The maximum absolute atomic E-state index is 13.3. The fourth-order valence-corrected chi connectivity index (χ4v) is 3.26. The summed E-state index contributed by atoms with van der Waals surface area (Å²) in [6.45, 7) is 2.17. The Kier molecular flexibility index (Phi) is 6.17. The van der Waals surface area contributed by atoms with Gasteiger partial charge < -0.3 is 0 Å². The van der Waals surface area contributed by atoms with Crippen LogP contribution in [-0.2, 0) is 0 Å². The molecule has 1 aromatic heterocycles. The minimum atomic E-state index is -0.863. The summed E-state index contributed by atoms with van der Waals surface area (Å²) in [5.41, 5.74) is 2.02. The predicted octanol–water partition coefficient (Wildman–Crippen LogP) is 6.15. The summed E-state index contributed by atoms with van der Waals surface area (Å²) in [7, 11) is 0. The van der Waals surface area contributed by atoms with Gasteiger partial charge in [-0.2, -0.15) is 0 Å². The van der Waals surface area contributed by atoms with E-state index in [0.717, 1.165) is 37.0 Å². The Labute approximate surface area is 154 Å². The highest BCUT2D eigenvalue weighted by Crippen LogP contribution is 2.29. The van der Waals surface area contributed by atoms with Crippen LogP contribution in [0.15, 0.2) is 48.7 Å². The Morgan fingerprint density at radius 1 is 1.08 bits per heavy atom. The molecule has 3 rings (SSSR count). The molecule has 0 aliphatic heterocycles. The number of aromatic nitrogens is 1. The quantitative estimate of drug-likeness (QED) is 0.477. The van der Waals surface area contributed by atoms with Crippen LogP contribution in [0.3, 0.4) is 0 Å². The lowest BCUT2D eigenvalue weighted by molar-refractivity contribution is 0.364. The highest BCUT2D eigenvalue weighted by Gasteiger charge is 2.17. The molecule has 2 aromatic rings. The van der Waals surface area contributed by atoms with Crippen molar-refractivity contribution in [3.63, 3.8) is 0 Å². The number of hydrogen-bond acceptors (Lipinski definition) is 1. The maximum Gasteiger partial charge on any atom is 0.159 e. The van der Waals surface area contributed by atoms with Crippen molar-refractivity contribution in [3.8, 4) is 23.1 Å². The van der Waals surface area contributed by atoms with Crippen molar-refractivity contribution in [1.29, 1.82) is 0 Å². The summed E-state index contributed by atoms with van der Waals surface area (Å²) in [6.07, 6.45) is 12.1. The zero-order valence-corrected chi connectivity index (χ0v) is 15.0. The molecular weight excluding hydrogens is 328 g/mol. The molecule has 1 heterocycles. The van der Waals surface area contributed by atoms with Crippen molar-refractivity contribution in [2.45, 2.75) is 39.0 Å². The van der Waals surface area contributed by atoms with Gasteiger partial charge in [0.25, 0.3) is 0 Å². The van der Waals surface area contributed by atoms with Gasteiger partial charge in [0, 0.05) is 23.2 Å². The smallest absolute Gasteiger partial charge is 0.159 e. The van der Waals surface area contributed by atoms with Crippen LogP contribution in [0.25, 0.3) is 11.3 Å². The number of pyridine rings is 1. The van der Waals surface area contributed by atoms with Crippen molar-refractivity contribution in [2.75, 3.05) is 0 Å². The molecule has 0 amide bonds. The number of rotatable bonds is 3. The topological polar surface area (TPSA) is 12.9 Å². The lowest BCUT2D eigenvalue weighted by Gasteiger charge is -2.23. The molecule has 0 spiro atoms. The molecule has 1 fully saturated rings. The summed E-state index contributed by atoms with van der Waals surface area (Å²) >= 11 is 0. The molecule has 0 radical (unpaired) electrons. The number of halogens is 2. The number of benzene rings is 1. The molecule has 0 N–H and O–H groups in total. The van der Waals surface area contributed by atoms with Gasteiger partial charge in [0.05, 0.1) is 5.69 Å². The van der Waals surface area contributed by atoms with E-state index < -0.39 is 11.6 Å². The lowest BCUT2D eigenvalue weighted by Crippen LogP contribution is -2.11. The second kappa shape index (κ2) is 8.76. The second-order valence-corrected chi connectivity index (χ2v) is 6.78. The molecule has 26 heavy (non-hydrogen) atoms. The first-order chi connectivity index (χ1) is 12.7. The van der Waals surface area contributed by atoms with E-state index in [1.165, 1.54) is 18.9 Å². The van der Waals surface area contributed by atoms with Crippen molar-refractivity contribution >= 4 is 0 Å². The molecule has 1 nitrogen and oxygen atoms in total. The van der Waals surface area contributed by atoms with Gasteiger partial charge in [0.1, 0.15) is 0 Å². The fourth-order valence-electron chi connectivity index (χ4n) is 3.26. The van der Waals surface area contributed by atoms with Gasteiger partial charge in [-0.3, -0.25) is 4.98 Å². The van der Waals surface area contributed by atoms with E-state index in [0.29, 0.717) is 23.1 Å². The highest BCUT2D eigenvalue weighted by molar-refractivity contribution is 5.59. The Morgan fingerprint density at radius 3 is 2.54 bits per heavy atom. The third kappa shape index (κ3) is 4.79. The molecular formula is C23H23F2N. The normalized spacial score (nSPS) is 20.0. The average Bonchev–Trinajstić information content (AvgIpc) is 2.68. The molecule has 1 aliphatic carbocycles. The average molecular weight is 351 g/mol. The van der Waals surface area contributed by atoms with E-state index in [4.69, 9.17) is 0 Å². The second-order valence-electron chi connectivity index (χ2n) is 6.78. The Morgan fingerprint density at radius 2 is 1.88 bits per heavy atom. The van der Waals surface area contributed by atoms with E-state index in [2.05, 4.69) is 35.9 Å². The Hall–Kier alpha value is -2.47. The molecule has 0 bridgehead atoms. The highest BCUT2D eigenvalue weighted by atomic mass is 19.2. The summed E-state index contributed by atoms with van der Waals surface area (Å²) in [5.74, 6) is 6.02. The molecule has 1 aromatic carbocycles. The van der Waals surface area contributed by atoms with Gasteiger partial charge in [0.2, 0.25) is 0 Å². The van der Waals surface area contributed by atoms with Gasteiger partial charge >= 0.3 is 0 Å². The van der Waals surface area contributed by atoms with Gasteiger partial charge in [-0.1, -0.05) is 30.9 Å². The fraction of sp³-hybridized carbons (Fsp3) is 0.348. The first-order valence-electron chi connectivity index (χ1n) is 9.25. The van der Waals surface area contributed by atoms with Crippen LogP contribution in [0, 0.1) is 35.3 Å². The van der Waals surface area contributed by atoms with Crippen molar-refractivity contribution in [3.05, 3.63) is 65.9 Å². The van der Waals surface area contributed by atoms with Crippen molar-refractivity contribution in [2.24, 2.45) is 11.8 Å². The number of allylic oxidation sites excluding steroid dienone is 2. The zero-order chi connectivity index (χ0) is 18.4. The molecule has 134 valence electrons. The predicted molar refractivity (Wildman–Crippen MR) is 101 cm³/mol. The van der Waals surface area contributed by atoms with E-state index in [1.54, 1.807) is 12.3 Å². The van der Waals surface area contributed by atoms with Crippen LogP contribution < -0.4 is 0 Å². The third-order valence-electron chi connectivity index (χ3n) is 4.82. The van der Waals surface area contributed by atoms with Crippen LogP contribution in [0.5, 0.6) is 0 Å². The minimum absolute atomic E-state index is 0.451. The van der Waals surface area contributed by atoms with E-state index in [9.17, 15) is 8.78 Å². The van der Waals surface area contributed by atoms with Crippen LogP contribution >= 0.6 is 0 Å². The van der Waals surface area contributed by atoms with Crippen LogP contribution in [-0.4, -0.2) is 4.98 Å². The Bertz CT molecular complexity index is 820. The lowest BCUT2D eigenvalue weighted by atomic mass is 9.82. The molecule has 0 unspecified atom stereocenters. The van der Waals surface area contributed by atoms with Crippen LogP contribution in [0.4, 0.5) is 8.78 Å². The van der Waals surface area contributed by atoms with Gasteiger partial charge in [-0.25, -0.2) is 8.78 Å². The van der Waals surface area contributed by atoms with Crippen LogP contribution in [0.2, 0.25) is 0 Å². The standard InChI is InChI=1S/C23H23F2N/c1-2-3-4-17-5-7-18(8-6-17)9-10-19-11-14-23(26-16-19)20-12-13-21(24)22(25)15-20/h3-4,11-18H,2,5-8H2,1H3/t17-,18-. The third-order valence-corrected chi connectivity index (χ3v) is 4.82. The first-order valence-corrected chi connectivity index (χ1v) is 9.25. The Balaban J connectivity index is 1.61. The van der Waals surface area contributed by atoms with Crippen molar-refractivity contribution < 1.29 is 8.78 Å². The molecule has 1 aliphatic rings. The maximum atomic E-state index is 13.3. The van der Waals surface area contributed by atoms with Gasteiger partial charge in [-0.05, 0) is 68.4 Å². The summed E-state index contributed by atoms with van der Waals surface area (Å²) < 4.78 is 26.4. The molecule has 3 heteroatoms. The first kappa shape index (κ1) is 18.3. The van der Waals surface area contributed by atoms with Gasteiger partial charge in [0.15, 0.2) is 11.6 Å². The largest absolute Gasteiger partial charge is 0.255 e. The van der Waals surface area contributed by atoms with E-state index >= 15 is 0 Å². The van der Waals surface area contributed by atoms with E-state index in [-0.39, 0.29) is 0 Å².